The highest BCUT2D eigenvalue weighted by Gasteiger charge is 2.12. The van der Waals surface area contributed by atoms with Crippen LogP contribution in [0.3, 0.4) is 0 Å². The maximum atomic E-state index is 11.8. The van der Waals surface area contributed by atoms with Gasteiger partial charge in [0, 0.05) is 17.1 Å². The number of hydrogen-bond donors (Lipinski definition) is 2. The van der Waals surface area contributed by atoms with E-state index in [1.807, 2.05) is 25.1 Å². The number of nitrogens with zero attached hydrogens (tertiary/aromatic N) is 2. The minimum absolute atomic E-state index is 0.291. The molecule has 1 aromatic carbocycles. The van der Waals surface area contributed by atoms with E-state index in [-0.39, 0.29) is 0 Å². The Bertz CT molecular complexity index is 936. The van der Waals surface area contributed by atoms with Crippen molar-refractivity contribution in [3.8, 4) is 11.4 Å². The summed E-state index contributed by atoms with van der Waals surface area (Å²) in [5.41, 5.74) is 1.63. The molecule has 0 spiro atoms. The molecule has 0 aliphatic carbocycles. The number of imidazole rings is 1. The van der Waals surface area contributed by atoms with Crippen LogP contribution in [-0.4, -0.2) is 19.5 Å². The molecule has 7 heteroatoms. The molecular weight excluding hydrogens is 324 g/mol. The summed E-state index contributed by atoms with van der Waals surface area (Å²) < 4.78 is 2.26. The molecule has 0 saturated heterocycles. The van der Waals surface area contributed by atoms with E-state index >= 15 is 0 Å². The average Bonchev–Trinajstić information content (AvgIpc) is 2.85. The van der Waals surface area contributed by atoms with Crippen LogP contribution in [0.1, 0.15) is 5.56 Å². The molecule has 0 bridgehead atoms. The second kappa shape index (κ2) is 4.45. The van der Waals surface area contributed by atoms with E-state index in [2.05, 4.69) is 30.9 Å². The van der Waals surface area contributed by atoms with Gasteiger partial charge >= 0.3 is 5.69 Å². The third-order valence-corrected chi connectivity index (χ3v) is 4.05. The summed E-state index contributed by atoms with van der Waals surface area (Å²) in [7, 11) is 1.57. The summed E-state index contributed by atoms with van der Waals surface area (Å²) >= 11 is 3.46. The third-order valence-electron chi connectivity index (χ3n) is 3.20. The SMILES string of the molecule is Cc1ccc(-c2nc3c([nH]2)c(=O)[nH]c(=O)n3C)cc1Br. The Morgan fingerprint density at radius 3 is 2.70 bits per heavy atom. The van der Waals surface area contributed by atoms with Crippen molar-refractivity contribution in [2.24, 2.45) is 7.05 Å². The summed E-state index contributed by atoms with van der Waals surface area (Å²) in [5, 5.41) is 0. The second-order valence-corrected chi connectivity index (χ2v) is 5.42. The monoisotopic (exact) mass is 334 g/mol. The molecule has 0 unspecified atom stereocenters. The molecule has 2 N–H and O–H groups in total. The molecule has 6 nitrogen and oxygen atoms in total. The zero-order valence-electron chi connectivity index (χ0n) is 10.8. The van der Waals surface area contributed by atoms with E-state index in [0.717, 1.165) is 15.6 Å². The Morgan fingerprint density at radius 2 is 2.00 bits per heavy atom. The van der Waals surface area contributed by atoms with Gasteiger partial charge in [0.25, 0.3) is 5.56 Å². The molecule has 3 rings (SSSR count). The van der Waals surface area contributed by atoms with Crippen LogP contribution < -0.4 is 11.2 Å². The van der Waals surface area contributed by atoms with Gasteiger partial charge in [-0.1, -0.05) is 28.1 Å². The molecular formula is C13H11BrN4O2. The summed E-state index contributed by atoms with van der Waals surface area (Å²) in [6, 6.07) is 5.78. The molecule has 20 heavy (non-hydrogen) atoms. The van der Waals surface area contributed by atoms with Crippen molar-refractivity contribution in [1.82, 2.24) is 19.5 Å². The summed E-state index contributed by atoms with van der Waals surface area (Å²) in [6.07, 6.45) is 0. The summed E-state index contributed by atoms with van der Waals surface area (Å²) in [5.74, 6) is 0.549. The van der Waals surface area contributed by atoms with Crippen molar-refractivity contribution in [2.75, 3.05) is 0 Å². The number of fused-ring (bicyclic) bond motifs is 1. The third kappa shape index (κ3) is 1.90. The molecule has 102 valence electrons. The average molecular weight is 335 g/mol. The van der Waals surface area contributed by atoms with E-state index in [4.69, 9.17) is 0 Å². The predicted molar refractivity (Wildman–Crippen MR) is 79.8 cm³/mol. The van der Waals surface area contributed by atoms with Crippen LogP contribution in [0.5, 0.6) is 0 Å². The second-order valence-electron chi connectivity index (χ2n) is 4.57. The first kappa shape index (κ1) is 12.9. The van der Waals surface area contributed by atoms with Crippen LogP contribution in [0, 0.1) is 6.92 Å². The Balaban J connectivity index is 2.31. The molecule has 3 aromatic rings. The Kier molecular flexibility index (Phi) is 2.86. The van der Waals surface area contributed by atoms with E-state index < -0.39 is 11.2 Å². The zero-order valence-corrected chi connectivity index (χ0v) is 12.4. The van der Waals surface area contributed by atoms with Gasteiger partial charge < -0.3 is 4.98 Å². The van der Waals surface area contributed by atoms with Crippen LogP contribution in [0.15, 0.2) is 32.3 Å². The molecule has 0 saturated carbocycles. The fourth-order valence-corrected chi connectivity index (χ4v) is 2.36. The number of aromatic amines is 2. The van der Waals surface area contributed by atoms with Crippen LogP contribution in [0.2, 0.25) is 0 Å². The topological polar surface area (TPSA) is 83.5 Å². The summed E-state index contributed by atoms with van der Waals surface area (Å²) in [4.78, 5) is 32.9. The van der Waals surface area contributed by atoms with E-state index in [1.54, 1.807) is 7.05 Å². The Morgan fingerprint density at radius 1 is 1.25 bits per heavy atom. The van der Waals surface area contributed by atoms with Crippen molar-refractivity contribution in [2.45, 2.75) is 6.92 Å². The minimum Gasteiger partial charge on any atom is -0.332 e. The first-order valence-corrected chi connectivity index (χ1v) is 6.72. The number of nitrogens with one attached hydrogen (secondary N) is 2. The van der Waals surface area contributed by atoms with Gasteiger partial charge in [-0.25, -0.2) is 9.78 Å². The number of H-pyrrole nitrogens is 2. The van der Waals surface area contributed by atoms with Crippen molar-refractivity contribution < 1.29 is 0 Å². The number of rotatable bonds is 1. The first-order chi connectivity index (χ1) is 9.47. The highest BCUT2D eigenvalue weighted by molar-refractivity contribution is 9.10. The fourth-order valence-electron chi connectivity index (χ4n) is 1.98. The number of benzene rings is 1. The molecule has 0 amide bonds. The number of aryl methyl sites for hydroxylation is 2. The maximum Gasteiger partial charge on any atom is 0.329 e. The smallest absolute Gasteiger partial charge is 0.329 e. The molecule has 0 aliphatic rings. The quantitative estimate of drug-likeness (QED) is 0.710. The van der Waals surface area contributed by atoms with Crippen LogP contribution in [0.25, 0.3) is 22.6 Å². The molecule has 0 atom stereocenters. The van der Waals surface area contributed by atoms with Gasteiger partial charge in [-0.3, -0.25) is 14.3 Å². The standard InChI is InChI=1S/C13H11BrN4O2/c1-6-3-4-7(5-8(6)14)10-15-9-11(16-10)18(2)13(20)17-12(9)19/h3-5H,1-2H3,(H,15,16)(H,17,19,20). The van der Waals surface area contributed by atoms with E-state index in [0.29, 0.717) is 17.0 Å². The largest absolute Gasteiger partial charge is 0.332 e. The van der Waals surface area contributed by atoms with Crippen molar-refractivity contribution in [3.63, 3.8) is 0 Å². The molecule has 0 fully saturated rings. The Hall–Kier alpha value is -2.15. The highest BCUT2D eigenvalue weighted by Crippen LogP contribution is 2.24. The zero-order chi connectivity index (χ0) is 14.4. The van der Waals surface area contributed by atoms with Crippen LogP contribution in [0.4, 0.5) is 0 Å². The van der Waals surface area contributed by atoms with E-state index in [1.165, 1.54) is 4.57 Å². The molecule has 0 aliphatic heterocycles. The number of aromatic nitrogens is 4. The van der Waals surface area contributed by atoms with Gasteiger partial charge in [-0.2, -0.15) is 0 Å². The molecule has 2 heterocycles. The van der Waals surface area contributed by atoms with Gasteiger partial charge in [-0.05, 0) is 18.6 Å². The van der Waals surface area contributed by atoms with Gasteiger partial charge in [0.05, 0.1) is 0 Å². The normalized spacial score (nSPS) is 11.2. The van der Waals surface area contributed by atoms with Gasteiger partial charge in [0.1, 0.15) is 11.3 Å². The lowest BCUT2D eigenvalue weighted by molar-refractivity contribution is 0.832. The van der Waals surface area contributed by atoms with Gasteiger partial charge in [0.2, 0.25) is 0 Å². The van der Waals surface area contributed by atoms with Crippen LogP contribution >= 0.6 is 15.9 Å². The van der Waals surface area contributed by atoms with Crippen molar-refractivity contribution in [3.05, 3.63) is 49.1 Å². The molecule has 0 radical (unpaired) electrons. The van der Waals surface area contributed by atoms with E-state index in [9.17, 15) is 9.59 Å². The Labute approximate surface area is 121 Å². The van der Waals surface area contributed by atoms with Crippen molar-refractivity contribution >= 4 is 27.1 Å². The maximum absolute atomic E-state index is 11.8. The highest BCUT2D eigenvalue weighted by atomic mass is 79.9. The van der Waals surface area contributed by atoms with Gasteiger partial charge in [-0.15, -0.1) is 0 Å². The van der Waals surface area contributed by atoms with Crippen LogP contribution in [-0.2, 0) is 7.05 Å². The van der Waals surface area contributed by atoms with Gasteiger partial charge in [0.15, 0.2) is 5.65 Å². The van der Waals surface area contributed by atoms with Crippen molar-refractivity contribution in [1.29, 1.82) is 0 Å². The summed E-state index contributed by atoms with van der Waals surface area (Å²) in [6.45, 7) is 1.99. The lowest BCUT2D eigenvalue weighted by atomic mass is 10.1. The first-order valence-electron chi connectivity index (χ1n) is 5.93. The fraction of sp³-hybridized carbons (Fsp3) is 0.154. The lowest BCUT2D eigenvalue weighted by Gasteiger charge is -2.00. The lowest BCUT2D eigenvalue weighted by Crippen LogP contribution is -2.28. The minimum atomic E-state index is -0.481. The molecule has 2 aromatic heterocycles. The number of hydrogen-bond acceptors (Lipinski definition) is 3. The predicted octanol–water partition coefficient (Wildman–Crippen LogP) is 1.69. The number of halogens is 1.